The molecule has 2 aromatic heterocycles. The lowest BCUT2D eigenvalue weighted by molar-refractivity contribution is 0.0953. The van der Waals surface area contributed by atoms with Gasteiger partial charge in [0, 0.05) is 25.1 Å². The third-order valence-electron chi connectivity index (χ3n) is 3.19. The number of carbonyl (C=O) groups excluding carboxylic acids is 1. The monoisotopic (exact) mass is 265 g/mol. The lowest BCUT2D eigenvalue weighted by Crippen LogP contribution is -2.25. The van der Waals surface area contributed by atoms with Gasteiger partial charge >= 0.3 is 0 Å². The van der Waals surface area contributed by atoms with E-state index in [0.29, 0.717) is 12.1 Å². The molecule has 0 aliphatic carbocycles. The molecule has 0 aliphatic rings. The van der Waals surface area contributed by atoms with E-state index in [9.17, 15) is 4.79 Å². The largest absolute Gasteiger partial charge is 0.352 e. The molecule has 1 amide bonds. The third-order valence-corrected chi connectivity index (χ3v) is 3.19. The molecule has 0 spiro atoms. The first-order valence-electron chi connectivity index (χ1n) is 6.58. The van der Waals surface area contributed by atoms with Crippen LogP contribution in [0.15, 0.2) is 61.1 Å². The SMILES string of the molecule is O=C(NCCc1ccccc1)c1ccc2nccn2c1. The summed E-state index contributed by atoms with van der Waals surface area (Å²) in [5.41, 5.74) is 2.70. The summed E-state index contributed by atoms with van der Waals surface area (Å²) in [6.07, 6.45) is 6.17. The Bertz CT molecular complexity index is 719. The fourth-order valence-electron chi connectivity index (χ4n) is 2.12. The van der Waals surface area contributed by atoms with E-state index in [1.807, 2.05) is 34.9 Å². The van der Waals surface area contributed by atoms with Crippen molar-refractivity contribution in [3.63, 3.8) is 0 Å². The minimum absolute atomic E-state index is 0.0588. The summed E-state index contributed by atoms with van der Waals surface area (Å²) in [5.74, 6) is -0.0588. The van der Waals surface area contributed by atoms with Crippen molar-refractivity contribution in [1.29, 1.82) is 0 Å². The van der Waals surface area contributed by atoms with E-state index < -0.39 is 0 Å². The van der Waals surface area contributed by atoms with Crippen LogP contribution in [-0.4, -0.2) is 21.8 Å². The third kappa shape index (κ3) is 2.69. The molecule has 0 saturated heterocycles. The van der Waals surface area contributed by atoms with Gasteiger partial charge in [0.2, 0.25) is 0 Å². The molecule has 0 radical (unpaired) electrons. The minimum Gasteiger partial charge on any atom is -0.352 e. The fourth-order valence-corrected chi connectivity index (χ4v) is 2.12. The molecule has 20 heavy (non-hydrogen) atoms. The van der Waals surface area contributed by atoms with Crippen LogP contribution < -0.4 is 5.32 Å². The molecule has 3 aromatic rings. The average Bonchev–Trinajstić information content (AvgIpc) is 2.95. The van der Waals surface area contributed by atoms with Gasteiger partial charge in [-0.15, -0.1) is 0 Å². The van der Waals surface area contributed by atoms with Crippen LogP contribution in [0.25, 0.3) is 5.65 Å². The summed E-state index contributed by atoms with van der Waals surface area (Å²) in [6, 6.07) is 13.7. The zero-order chi connectivity index (χ0) is 13.8. The number of imidazole rings is 1. The molecule has 4 nitrogen and oxygen atoms in total. The second-order valence-corrected chi connectivity index (χ2v) is 4.60. The number of aromatic nitrogens is 2. The summed E-state index contributed by atoms with van der Waals surface area (Å²) in [4.78, 5) is 16.2. The van der Waals surface area contributed by atoms with Crippen LogP contribution in [0.1, 0.15) is 15.9 Å². The number of hydrogen-bond acceptors (Lipinski definition) is 2. The van der Waals surface area contributed by atoms with Crippen LogP contribution in [0, 0.1) is 0 Å². The molecule has 3 rings (SSSR count). The lowest BCUT2D eigenvalue weighted by Gasteiger charge is -2.06. The van der Waals surface area contributed by atoms with Crippen molar-refractivity contribution < 1.29 is 4.79 Å². The highest BCUT2D eigenvalue weighted by molar-refractivity contribution is 5.94. The number of carbonyl (C=O) groups is 1. The van der Waals surface area contributed by atoms with Gasteiger partial charge in [-0.1, -0.05) is 30.3 Å². The van der Waals surface area contributed by atoms with E-state index >= 15 is 0 Å². The summed E-state index contributed by atoms with van der Waals surface area (Å²) >= 11 is 0. The van der Waals surface area contributed by atoms with Gasteiger partial charge in [-0.25, -0.2) is 4.98 Å². The molecule has 2 heterocycles. The van der Waals surface area contributed by atoms with Crippen LogP contribution in [0.2, 0.25) is 0 Å². The molecule has 0 fully saturated rings. The van der Waals surface area contributed by atoms with Gasteiger partial charge in [0.05, 0.1) is 5.56 Å². The number of hydrogen-bond donors (Lipinski definition) is 1. The maximum Gasteiger partial charge on any atom is 0.252 e. The molecule has 0 unspecified atom stereocenters. The Hall–Kier alpha value is -2.62. The van der Waals surface area contributed by atoms with E-state index in [0.717, 1.165) is 12.1 Å². The van der Waals surface area contributed by atoms with E-state index in [1.54, 1.807) is 18.5 Å². The number of rotatable bonds is 4. The van der Waals surface area contributed by atoms with Gasteiger partial charge in [0.15, 0.2) is 0 Å². The maximum absolute atomic E-state index is 12.1. The Labute approximate surface area is 117 Å². The molecule has 1 aromatic carbocycles. The second kappa shape index (κ2) is 5.57. The van der Waals surface area contributed by atoms with Crippen molar-refractivity contribution in [3.05, 3.63) is 72.2 Å². The predicted molar refractivity (Wildman–Crippen MR) is 77.7 cm³/mol. The van der Waals surface area contributed by atoms with Crippen LogP contribution in [-0.2, 0) is 6.42 Å². The van der Waals surface area contributed by atoms with Crippen LogP contribution in [0.5, 0.6) is 0 Å². The van der Waals surface area contributed by atoms with Crippen LogP contribution in [0.3, 0.4) is 0 Å². The molecule has 0 saturated carbocycles. The lowest BCUT2D eigenvalue weighted by atomic mass is 10.1. The molecule has 4 heteroatoms. The van der Waals surface area contributed by atoms with Crippen molar-refractivity contribution in [3.8, 4) is 0 Å². The van der Waals surface area contributed by atoms with E-state index in [4.69, 9.17) is 0 Å². The van der Waals surface area contributed by atoms with E-state index in [2.05, 4.69) is 22.4 Å². The van der Waals surface area contributed by atoms with Gasteiger partial charge in [-0.3, -0.25) is 4.79 Å². The number of amides is 1. The van der Waals surface area contributed by atoms with Crippen LogP contribution >= 0.6 is 0 Å². The second-order valence-electron chi connectivity index (χ2n) is 4.60. The zero-order valence-electron chi connectivity index (χ0n) is 11.0. The smallest absolute Gasteiger partial charge is 0.252 e. The number of fused-ring (bicyclic) bond motifs is 1. The topological polar surface area (TPSA) is 46.4 Å². The van der Waals surface area contributed by atoms with Crippen molar-refractivity contribution in [2.75, 3.05) is 6.54 Å². The Kier molecular flexibility index (Phi) is 3.46. The Balaban J connectivity index is 1.61. The van der Waals surface area contributed by atoms with Crippen LogP contribution in [0.4, 0.5) is 0 Å². The molecule has 0 atom stereocenters. The first-order chi connectivity index (χ1) is 9.83. The highest BCUT2D eigenvalue weighted by Gasteiger charge is 2.06. The number of benzene rings is 1. The predicted octanol–water partition coefficient (Wildman–Crippen LogP) is 2.31. The van der Waals surface area contributed by atoms with Gasteiger partial charge in [0.1, 0.15) is 5.65 Å². The van der Waals surface area contributed by atoms with E-state index in [1.165, 1.54) is 5.56 Å². The standard InChI is InChI=1S/C16H15N3O/c20-16(18-9-8-13-4-2-1-3-5-13)14-6-7-15-17-10-11-19(15)12-14/h1-7,10-12H,8-9H2,(H,18,20). The Morgan fingerprint density at radius 3 is 2.85 bits per heavy atom. The van der Waals surface area contributed by atoms with Gasteiger partial charge in [-0.2, -0.15) is 0 Å². The first-order valence-corrected chi connectivity index (χ1v) is 6.58. The minimum atomic E-state index is -0.0588. The van der Waals surface area contributed by atoms with Crippen molar-refractivity contribution in [2.24, 2.45) is 0 Å². The number of nitrogens with one attached hydrogen (secondary N) is 1. The molecule has 1 N–H and O–H groups in total. The number of pyridine rings is 1. The highest BCUT2D eigenvalue weighted by Crippen LogP contribution is 2.05. The Morgan fingerprint density at radius 1 is 1.15 bits per heavy atom. The first kappa shape index (κ1) is 12.4. The summed E-state index contributed by atoms with van der Waals surface area (Å²) in [6.45, 7) is 0.630. The van der Waals surface area contributed by atoms with Crippen molar-refractivity contribution in [1.82, 2.24) is 14.7 Å². The summed E-state index contributed by atoms with van der Waals surface area (Å²) in [5, 5.41) is 2.93. The van der Waals surface area contributed by atoms with Gasteiger partial charge < -0.3 is 9.72 Å². The molecular formula is C16H15N3O. The normalized spacial score (nSPS) is 10.6. The molecule has 0 aliphatic heterocycles. The molecular weight excluding hydrogens is 250 g/mol. The maximum atomic E-state index is 12.1. The fraction of sp³-hybridized carbons (Fsp3) is 0.125. The molecule has 100 valence electrons. The van der Waals surface area contributed by atoms with E-state index in [-0.39, 0.29) is 5.91 Å². The van der Waals surface area contributed by atoms with Crippen molar-refractivity contribution >= 4 is 11.6 Å². The quantitative estimate of drug-likeness (QED) is 0.787. The average molecular weight is 265 g/mol. The zero-order valence-corrected chi connectivity index (χ0v) is 11.0. The van der Waals surface area contributed by atoms with Gasteiger partial charge in [-0.05, 0) is 24.1 Å². The Morgan fingerprint density at radius 2 is 2.00 bits per heavy atom. The summed E-state index contributed by atoms with van der Waals surface area (Å²) in [7, 11) is 0. The molecule has 0 bridgehead atoms. The van der Waals surface area contributed by atoms with Gasteiger partial charge in [0.25, 0.3) is 5.91 Å². The summed E-state index contributed by atoms with van der Waals surface area (Å²) < 4.78 is 1.84. The highest BCUT2D eigenvalue weighted by atomic mass is 16.1. The van der Waals surface area contributed by atoms with Crippen molar-refractivity contribution in [2.45, 2.75) is 6.42 Å². The number of nitrogens with zero attached hydrogens (tertiary/aromatic N) is 2.